The number of aromatic nitrogens is 5. The van der Waals surface area contributed by atoms with Crippen LogP contribution in [-0.2, 0) is 9.59 Å². The van der Waals surface area contributed by atoms with Gasteiger partial charge in [-0.1, -0.05) is 19.8 Å². The van der Waals surface area contributed by atoms with Crippen molar-refractivity contribution >= 4 is 29.4 Å². The summed E-state index contributed by atoms with van der Waals surface area (Å²) in [6, 6.07) is 2.69. The van der Waals surface area contributed by atoms with Gasteiger partial charge in [0.15, 0.2) is 23.9 Å². The first-order valence-electron chi connectivity index (χ1n) is 9.91. The summed E-state index contributed by atoms with van der Waals surface area (Å²) in [6.45, 7) is 2.28. The molecule has 0 aliphatic heterocycles. The molecule has 0 spiro atoms. The molecule has 8 heteroatoms. The van der Waals surface area contributed by atoms with Crippen LogP contribution in [0.5, 0.6) is 0 Å². The van der Waals surface area contributed by atoms with Gasteiger partial charge in [0.05, 0.1) is 11.7 Å². The second-order valence-electron chi connectivity index (χ2n) is 7.98. The van der Waals surface area contributed by atoms with E-state index in [1.165, 1.54) is 25.7 Å². The van der Waals surface area contributed by atoms with Gasteiger partial charge in [-0.05, 0) is 43.7 Å². The molecule has 3 aromatic rings. The molecule has 0 radical (unpaired) electrons. The Bertz CT molecular complexity index is 980. The zero-order valence-electron chi connectivity index (χ0n) is 16.2. The fourth-order valence-electron chi connectivity index (χ4n) is 4.22. The molecule has 3 saturated carbocycles. The number of aromatic amines is 1. The van der Waals surface area contributed by atoms with Crippen LogP contribution in [0, 0.1) is 17.8 Å². The summed E-state index contributed by atoms with van der Waals surface area (Å²) in [7, 11) is 2.07. The van der Waals surface area contributed by atoms with Crippen LogP contribution in [0.1, 0.15) is 47.2 Å². The Morgan fingerprint density at radius 3 is 2.57 bits per heavy atom. The van der Waals surface area contributed by atoms with Gasteiger partial charge in [0.25, 0.3) is 0 Å². The molecule has 3 aliphatic rings. The number of hydrogen-bond donors (Lipinski definition) is 2. The van der Waals surface area contributed by atoms with Crippen molar-refractivity contribution in [2.24, 2.45) is 17.8 Å². The first kappa shape index (κ1) is 18.7. The van der Waals surface area contributed by atoms with Crippen LogP contribution >= 0.6 is 0 Å². The fraction of sp³-hybridized carbons (Fsp3) is 0.550. The Labute approximate surface area is 166 Å². The average Bonchev–Trinajstić information content (AvgIpc) is 3.52. The van der Waals surface area contributed by atoms with Gasteiger partial charge in [-0.15, -0.1) is 10.2 Å². The van der Waals surface area contributed by atoms with Crippen molar-refractivity contribution in [1.29, 1.82) is 0 Å². The summed E-state index contributed by atoms with van der Waals surface area (Å²) in [4.78, 5) is 25.2. The van der Waals surface area contributed by atoms with Crippen molar-refractivity contribution < 1.29 is 12.4 Å². The first-order valence-corrected chi connectivity index (χ1v) is 9.91. The summed E-state index contributed by atoms with van der Waals surface area (Å²) in [5, 5.41) is 12.2. The molecule has 3 aromatic heterocycles. The Balaban J connectivity index is 0.000000276. The number of nitrogens with zero attached hydrogens (tertiary/aromatic N) is 4. The molecule has 152 valence electrons. The van der Waals surface area contributed by atoms with Crippen LogP contribution in [0.15, 0.2) is 18.5 Å². The molecular formula is C20H30N6O2. The van der Waals surface area contributed by atoms with Crippen LogP contribution in [0.25, 0.3) is 16.8 Å². The second kappa shape index (κ2) is 7.79. The van der Waals surface area contributed by atoms with E-state index in [0.717, 1.165) is 40.4 Å². The molecule has 0 amide bonds. The SMILES string of the molecule is CC1CC1.CN[C@@H]1C[C@H](c2nnc3cnc4[nH]ccc4n23)[C@H]2C[C@H]21.O=CC=O.[HH].[HH]. The lowest BCUT2D eigenvalue weighted by atomic mass is 10.0. The van der Waals surface area contributed by atoms with E-state index < -0.39 is 0 Å². The van der Waals surface area contributed by atoms with E-state index in [0.29, 0.717) is 12.0 Å². The molecule has 4 atom stereocenters. The highest BCUT2D eigenvalue weighted by molar-refractivity contribution is 6.09. The Morgan fingerprint density at radius 2 is 1.96 bits per heavy atom. The molecule has 0 unspecified atom stereocenters. The third-order valence-corrected chi connectivity index (χ3v) is 6.02. The number of fused-ring (bicyclic) bond motifs is 4. The monoisotopic (exact) mass is 386 g/mol. The van der Waals surface area contributed by atoms with Crippen molar-refractivity contribution in [2.45, 2.75) is 44.6 Å². The molecule has 2 N–H and O–H groups in total. The van der Waals surface area contributed by atoms with E-state index in [1.54, 1.807) is 6.20 Å². The van der Waals surface area contributed by atoms with Crippen molar-refractivity contribution in [3.05, 3.63) is 24.3 Å². The van der Waals surface area contributed by atoms with Gasteiger partial charge < -0.3 is 10.3 Å². The van der Waals surface area contributed by atoms with Crippen LogP contribution in [0.3, 0.4) is 0 Å². The molecule has 3 aliphatic carbocycles. The largest absolute Gasteiger partial charge is 0.345 e. The van der Waals surface area contributed by atoms with Gasteiger partial charge in [-0.2, -0.15) is 0 Å². The van der Waals surface area contributed by atoms with E-state index >= 15 is 0 Å². The molecule has 0 saturated heterocycles. The molecular weight excluding hydrogens is 356 g/mol. The number of nitrogens with one attached hydrogen (secondary N) is 2. The fourth-order valence-corrected chi connectivity index (χ4v) is 4.22. The Hall–Kier alpha value is -2.61. The molecule has 0 bridgehead atoms. The maximum atomic E-state index is 8.81. The molecule has 28 heavy (non-hydrogen) atoms. The number of aldehydes is 2. The van der Waals surface area contributed by atoms with Crippen molar-refractivity contribution in [2.75, 3.05) is 7.05 Å². The minimum atomic E-state index is 0. The van der Waals surface area contributed by atoms with Gasteiger partial charge in [0, 0.05) is 21.0 Å². The van der Waals surface area contributed by atoms with Gasteiger partial charge in [-0.25, -0.2) is 4.98 Å². The van der Waals surface area contributed by atoms with E-state index in [9.17, 15) is 0 Å². The number of carbonyl (C=O) groups excluding carboxylic acids is 2. The van der Waals surface area contributed by atoms with Crippen molar-refractivity contribution in [1.82, 2.24) is 29.9 Å². The summed E-state index contributed by atoms with van der Waals surface area (Å²) >= 11 is 0. The van der Waals surface area contributed by atoms with Crippen molar-refractivity contribution in [3.63, 3.8) is 0 Å². The number of H-pyrrole nitrogens is 1. The highest BCUT2D eigenvalue weighted by atomic mass is 16.2. The van der Waals surface area contributed by atoms with Crippen molar-refractivity contribution in [3.8, 4) is 0 Å². The lowest BCUT2D eigenvalue weighted by molar-refractivity contribution is -0.122. The lowest BCUT2D eigenvalue weighted by Crippen LogP contribution is -2.25. The minimum absolute atomic E-state index is 0. The summed E-state index contributed by atoms with van der Waals surface area (Å²) in [6.07, 6.45) is 9.57. The van der Waals surface area contributed by atoms with E-state index in [2.05, 4.69) is 49.9 Å². The third-order valence-electron chi connectivity index (χ3n) is 6.02. The van der Waals surface area contributed by atoms with Crippen LogP contribution in [0.2, 0.25) is 0 Å². The predicted octanol–water partition coefficient (Wildman–Crippen LogP) is 2.61. The highest BCUT2D eigenvalue weighted by Crippen LogP contribution is 2.58. The van der Waals surface area contributed by atoms with E-state index in [4.69, 9.17) is 9.59 Å². The lowest BCUT2D eigenvalue weighted by Gasteiger charge is -2.14. The Kier molecular flexibility index (Phi) is 5.21. The van der Waals surface area contributed by atoms with Gasteiger partial charge >= 0.3 is 0 Å². The molecule has 3 heterocycles. The molecule has 6 rings (SSSR count). The number of hydrogen-bond acceptors (Lipinski definition) is 6. The summed E-state index contributed by atoms with van der Waals surface area (Å²) in [5.41, 5.74) is 2.82. The van der Waals surface area contributed by atoms with Crippen LogP contribution in [-0.4, -0.2) is 50.2 Å². The summed E-state index contributed by atoms with van der Waals surface area (Å²) in [5.74, 6) is 4.33. The zero-order chi connectivity index (χ0) is 19.7. The summed E-state index contributed by atoms with van der Waals surface area (Å²) < 4.78 is 2.18. The van der Waals surface area contributed by atoms with Crippen LogP contribution < -0.4 is 5.32 Å². The topological polar surface area (TPSA) is 105 Å². The molecule has 8 nitrogen and oxygen atoms in total. The predicted molar refractivity (Wildman–Crippen MR) is 109 cm³/mol. The van der Waals surface area contributed by atoms with E-state index in [1.807, 2.05) is 6.20 Å². The normalized spacial score (nSPS) is 27.4. The molecule has 3 fully saturated rings. The maximum Gasteiger partial charge on any atom is 0.182 e. The highest BCUT2D eigenvalue weighted by Gasteiger charge is 2.55. The zero-order valence-corrected chi connectivity index (χ0v) is 16.2. The van der Waals surface area contributed by atoms with Gasteiger partial charge in [0.1, 0.15) is 5.82 Å². The van der Waals surface area contributed by atoms with Gasteiger partial charge in [-0.3, -0.25) is 14.0 Å². The van der Waals surface area contributed by atoms with E-state index in [-0.39, 0.29) is 15.4 Å². The second-order valence-corrected chi connectivity index (χ2v) is 7.98. The quantitative estimate of drug-likeness (QED) is 0.529. The average molecular weight is 387 g/mol. The third kappa shape index (κ3) is 3.56. The standard InChI is InChI=1S/C14H16N6.C4H8.C2H2O2.2H2/c1-15-10-5-9(7-4-8(7)10)14-19-18-12-6-17-13-11(20(12)14)2-3-16-13;1-4-2-3-4;3-1-2-4;;/h2-3,6-10,15-16H,4-5H2,1H3;4H,2-3H2,1H3;1-2H;2*1H/t7-,8+,9-,10+;;;;/m0..../s1. The first-order chi connectivity index (χ1) is 13.7. The Morgan fingerprint density at radius 1 is 1.21 bits per heavy atom. The molecule has 0 aromatic carbocycles. The number of carbonyl (C=O) groups is 2. The minimum Gasteiger partial charge on any atom is -0.345 e. The number of rotatable bonds is 3. The van der Waals surface area contributed by atoms with Gasteiger partial charge in [0.2, 0.25) is 0 Å². The smallest absolute Gasteiger partial charge is 0.182 e. The van der Waals surface area contributed by atoms with Crippen LogP contribution in [0.4, 0.5) is 0 Å². The maximum absolute atomic E-state index is 8.81.